The predicted octanol–water partition coefficient (Wildman–Crippen LogP) is 3.37. The van der Waals surface area contributed by atoms with Gasteiger partial charge in [-0.15, -0.1) is 0 Å². The standard InChI is InChI=1S/C13H18BrN/c1-9(2)12-8-13(12,15)7-10-3-5-11(14)6-4-10/h3-6,9,12H,7-8,15H2,1-2H3. The molecule has 2 unspecified atom stereocenters. The zero-order valence-electron chi connectivity index (χ0n) is 9.33. The molecule has 1 aromatic rings. The normalized spacial score (nSPS) is 29.5. The molecule has 1 saturated carbocycles. The Hall–Kier alpha value is -0.340. The summed E-state index contributed by atoms with van der Waals surface area (Å²) in [6.45, 7) is 4.53. The second-order valence-corrected chi connectivity index (χ2v) is 6.01. The summed E-state index contributed by atoms with van der Waals surface area (Å²) in [6, 6.07) is 8.50. The molecule has 2 N–H and O–H groups in total. The molecule has 1 aliphatic rings. The van der Waals surface area contributed by atoms with Crippen molar-refractivity contribution in [1.29, 1.82) is 0 Å². The van der Waals surface area contributed by atoms with Gasteiger partial charge in [0.25, 0.3) is 0 Å². The minimum Gasteiger partial charge on any atom is -0.325 e. The van der Waals surface area contributed by atoms with Crippen molar-refractivity contribution in [2.75, 3.05) is 0 Å². The van der Waals surface area contributed by atoms with Crippen LogP contribution in [0.3, 0.4) is 0 Å². The Bertz CT molecular complexity index is 344. The van der Waals surface area contributed by atoms with Crippen molar-refractivity contribution >= 4 is 15.9 Å². The van der Waals surface area contributed by atoms with Gasteiger partial charge in [-0.05, 0) is 42.4 Å². The van der Waals surface area contributed by atoms with Crippen LogP contribution in [-0.4, -0.2) is 5.54 Å². The molecule has 1 nitrogen and oxygen atoms in total. The monoisotopic (exact) mass is 267 g/mol. The van der Waals surface area contributed by atoms with Gasteiger partial charge in [-0.3, -0.25) is 0 Å². The number of halogens is 1. The van der Waals surface area contributed by atoms with Gasteiger partial charge in [-0.25, -0.2) is 0 Å². The van der Waals surface area contributed by atoms with E-state index < -0.39 is 0 Å². The average Bonchev–Trinajstić information content (AvgIpc) is 2.83. The largest absolute Gasteiger partial charge is 0.325 e. The maximum Gasteiger partial charge on any atom is 0.0230 e. The first-order valence-corrected chi connectivity index (χ1v) is 6.34. The SMILES string of the molecule is CC(C)C1CC1(N)Cc1ccc(Br)cc1. The highest BCUT2D eigenvalue weighted by molar-refractivity contribution is 9.10. The molecule has 0 radical (unpaired) electrons. The molecule has 0 spiro atoms. The Morgan fingerprint density at radius 2 is 2.00 bits per heavy atom. The number of hydrogen-bond acceptors (Lipinski definition) is 1. The van der Waals surface area contributed by atoms with Crippen LogP contribution in [0.4, 0.5) is 0 Å². The second kappa shape index (κ2) is 3.91. The quantitative estimate of drug-likeness (QED) is 0.893. The van der Waals surface area contributed by atoms with Gasteiger partial charge in [0.15, 0.2) is 0 Å². The van der Waals surface area contributed by atoms with Crippen molar-refractivity contribution in [2.24, 2.45) is 17.6 Å². The fourth-order valence-corrected chi connectivity index (χ4v) is 2.70. The fraction of sp³-hybridized carbons (Fsp3) is 0.538. The lowest BCUT2D eigenvalue weighted by molar-refractivity contribution is 0.475. The van der Waals surface area contributed by atoms with E-state index in [0.717, 1.165) is 10.9 Å². The highest BCUT2D eigenvalue weighted by Crippen LogP contribution is 2.48. The van der Waals surface area contributed by atoms with E-state index in [0.29, 0.717) is 11.8 Å². The summed E-state index contributed by atoms with van der Waals surface area (Å²) in [7, 11) is 0. The lowest BCUT2D eigenvalue weighted by Crippen LogP contribution is -2.29. The molecule has 1 fully saturated rings. The molecule has 0 aromatic heterocycles. The van der Waals surface area contributed by atoms with Crippen LogP contribution in [0.25, 0.3) is 0 Å². The van der Waals surface area contributed by atoms with Crippen LogP contribution in [0, 0.1) is 11.8 Å². The lowest BCUT2D eigenvalue weighted by atomic mass is 9.98. The molecule has 0 saturated heterocycles. The van der Waals surface area contributed by atoms with E-state index >= 15 is 0 Å². The molecule has 2 atom stereocenters. The van der Waals surface area contributed by atoms with Gasteiger partial charge in [-0.1, -0.05) is 41.9 Å². The highest BCUT2D eigenvalue weighted by Gasteiger charge is 2.51. The van der Waals surface area contributed by atoms with E-state index in [1.165, 1.54) is 12.0 Å². The van der Waals surface area contributed by atoms with Gasteiger partial charge in [0.05, 0.1) is 0 Å². The van der Waals surface area contributed by atoms with Gasteiger partial charge < -0.3 is 5.73 Å². The first-order valence-electron chi connectivity index (χ1n) is 5.54. The maximum absolute atomic E-state index is 6.35. The summed E-state index contributed by atoms with van der Waals surface area (Å²) in [5.74, 6) is 1.42. The summed E-state index contributed by atoms with van der Waals surface area (Å²) >= 11 is 3.44. The molecular formula is C13H18BrN. The van der Waals surface area contributed by atoms with Crippen molar-refractivity contribution in [3.63, 3.8) is 0 Å². The van der Waals surface area contributed by atoms with Gasteiger partial charge in [-0.2, -0.15) is 0 Å². The van der Waals surface area contributed by atoms with E-state index in [-0.39, 0.29) is 5.54 Å². The third kappa shape index (κ3) is 2.43. The Balaban J connectivity index is 2.02. The van der Waals surface area contributed by atoms with Crippen molar-refractivity contribution in [2.45, 2.75) is 32.2 Å². The Morgan fingerprint density at radius 3 is 2.47 bits per heavy atom. The molecule has 0 amide bonds. The fourth-order valence-electron chi connectivity index (χ4n) is 2.44. The van der Waals surface area contributed by atoms with E-state index in [9.17, 15) is 0 Å². The maximum atomic E-state index is 6.35. The van der Waals surface area contributed by atoms with Crippen LogP contribution in [0.5, 0.6) is 0 Å². The zero-order chi connectivity index (χ0) is 11.1. The van der Waals surface area contributed by atoms with Crippen LogP contribution in [0.2, 0.25) is 0 Å². The van der Waals surface area contributed by atoms with E-state index in [1.807, 2.05) is 0 Å². The molecule has 0 heterocycles. The predicted molar refractivity (Wildman–Crippen MR) is 67.7 cm³/mol. The van der Waals surface area contributed by atoms with Crippen LogP contribution in [0.1, 0.15) is 25.8 Å². The Kier molecular flexibility index (Phi) is 2.91. The van der Waals surface area contributed by atoms with Crippen LogP contribution >= 0.6 is 15.9 Å². The van der Waals surface area contributed by atoms with Crippen molar-refractivity contribution in [3.05, 3.63) is 34.3 Å². The lowest BCUT2D eigenvalue weighted by Gasteiger charge is -2.13. The van der Waals surface area contributed by atoms with E-state index in [2.05, 4.69) is 54.0 Å². The second-order valence-electron chi connectivity index (χ2n) is 5.09. The van der Waals surface area contributed by atoms with Crippen molar-refractivity contribution in [3.8, 4) is 0 Å². The van der Waals surface area contributed by atoms with Crippen LogP contribution < -0.4 is 5.73 Å². The zero-order valence-corrected chi connectivity index (χ0v) is 10.9. The first-order chi connectivity index (χ1) is 7.01. The summed E-state index contributed by atoms with van der Waals surface area (Å²) in [4.78, 5) is 0. The Morgan fingerprint density at radius 1 is 1.40 bits per heavy atom. The average molecular weight is 268 g/mol. The molecular weight excluding hydrogens is 250 g/mol. The van der Waals surface area contributed by atoms with Crippen molar-refractivity contribution < 1.29 is 0 Å². The number of rotatable bonds is 3. The third-order valence-electron chi connectivity index (χ3n) is 3.43. The molecule has 0 aliphatic heterocycles. The minimum atomic E-state index is 0.0714. The topological polar surface area (TPSA) is 26.0 Å². The number of hydrogen-bond donors (Lipinski definition) is 1. The first kappa shape index (κ1) is 11.2. The number of nitrogens with two attached hydrogens (primary N) is 1. The smallest absolute Gasteiger partial charge is 0.0230 e. The van der Waals surface area contributed by atoms with E-state index in [1.54, 1.807) is 0 Å². The molecule has 0 bridgehead atoms. The molecule has 15 heavy (non-hydrogen) atoms. The van der Waals surface area contributed by atoms with Gasteiger partial charge in [0, 0.05) is 10.0 Å². The molecule has 2 rings (SSSR count). The van der Waals surface area contributed by atoms with Crippen LogP contribution in [-0.2, 0) is 6.42 Å². The Labute approximate surface area is 100 Å². The summed E-state index contributed by atoms with van der Waals surface area (Å²) in [5, 5.41) is 0. The third-order valence-corrected chi connectivity index (χ3v) is 3.96. The molecule has 1 aromatic carbocycles. The summed E-state index contributed by atoms with van der Waals surface area (Å²) in [6.07, 6.45) is 2.20. The summed E-state index contributed by atoms with van der Waals surface area (Å²) in [5.41, 5.74) is 7.77. The summed E-state index contributed by atoms with van der Waals surface area (Å²) < 4.78 is 1.13. The van der Waals surface area contributed by atoms with Crippen LogP contribution in [0.15, 0.2) is 28.7 Å². The highest BCUT2D eigenvalue weighted by atomic mass is 79.9. The van der Waals surface area contributed by atoms with Gasteiger partial charge in [0.1, 0.15) is 0 Å². The van der Waals surface area contributed by atoms with Gasteiger partial charge >= 0.3 is 0 Å². The molecule has 1 aliphatic carbocycles. The molecule has 2 heteroatoms. The van der Waals surface area contributed by atoms with Gasteiger partial charge in [0.2, 0.25) is 0 Å². The minimum absolute atomic E-state index is 0.0714. The number of benzene rings is 1. The van der Waals surface area contributed by atoms with Crippen molar-refractivity contribution in [1.82, 2.24) is 0 Å². The molecule has 82 valence electrons. The van der Waals surface area contributed by atoms with E-state index in [4.69, 9.17) is 5.73 Å².